The zero-order valence-corrected chi connectivity index (χ0v) is 9.91. The van der Waals surface area contributed by atoms with E-state index in [1.807, 2.05) is 0 Å². The van der Waals surface area contributed by atoms with Crippen LogP contribution in [-0.2, 0) is 0 Å². The van der Waals surface area contributed by atoms with Gasteiger partial charge in [-0.1, -0.05) is 0 Å². The molecule has 0 unspecified atom stereocenters. The molecule has 0 N–H and O–H groups in total. The average Bonchev–Trinajstić information content (AvgIpc) is 2.40. The van der Waals surface area contributed by atoms with Crippen molar-refractivity contribution in [2.75, 3.05) is 7.11 Å². The number of hydrogen-bond acceptors (Lipinski definition) is 2. The maximum atomic E-state index is 13.5. The monoisotopic (exact) mass is 266 g/mol. The van der Waals surface area contributed by atoms with Crippen LogP contribution in [0.3, 0.4) is 0 Å². The fraction of sp³-hybridized carbons (Fsp3) is 0.0714. The van der Waals surface area contributed by atoms with Crippen molar-refractivity contribution in [3.05, 3.63) is 65.0 Å². The number of carbonyl (C=O) groups excluding carboxylic acids is 1. The second-order valence-corrected chi connectivity index (χ2v) is 3.80. The van der Waals surface area contributed by atoms with E-state index in [1.54, 1.807) is 0 Å². The molecule has 19 heavy (non-hydrogen) atoms. The Morgan fingerprint density at radius 2 is 1.74 bits per heavy atom. The van der Waals surface area contributed by atoms with E-state index in [4.69, 9.17) is 4.74 Å². The summed E-state index contributed by atoms with van der Waals surface area (Å²) in [6, 6.07) is 5.99. The summed E-state index contributed by atoms with van der Waals surface area (Å²) >= 11 is 0. The Kier molecular flexibility index (Phi) is 3.55. The maximum Gasteiger partial charge on any atom is 0.196 e. The molecule has 0 aromatic heterocycles. The van der Waals surface area contributed by atoms with Crippen molar-refractivity contribution in [2.24, 2.45) is 0 Å². The van der Waals surface area contributed by atoms with E-state index in [0.717, 1.165) is 24.3 Å². The minimum absolute atomic E-state index is 0.0312. The van der Waals surface area contributed by atoms with Crippen molar-refractivity contribution in [2.45, 2.75) is 0 Å². The van der Waals surface area contributed by atoms with Crippen LogP contribution in [0.1, 0.15) is 15.9 Å². The number of rotatable bonds is 3. The number of ether oxygens (including phenoxy) is 1. The summed E-state index contributed by atoms with van der Waals surface area (Å²) in [5.41, 5.74) is -0.521. The zero-order chi connectivity index (χ0) is 14.0. The van der Waals surface area contributed by atoms with Crippen LogP contribution in [0.25, 0.3) is 0 Å². The normalized spacial score (nSPS) is 10.3. The van der Waals surface area contributed by atoms with Crippen LogP contribution in [0, 0.1) is 17.5 Å². The predicted octanol–water partition coefficient (Wildman–Crippen LogP) is 3.34. The van der Waals surface area contributed by atoms with Crippen LogP contribution in [0.4, 0.5) is 13.2 Å². The minimum Gasteiger partial charge on any atom is -0.494 e. The summed E-state index contributed by atoms with van der Waals surface area (Å²) in [6.45, 7) is 0. The topological polar surface area (TPSA) is 26.3 Å². The predicted molar refractivity (Wildman–Crippen MR) is 62.7 cm³/mol. The fourth-order valence-electron chi connectivity index (χ4n) is 1.63. The third-order valence-electron chi connectivity index (χ3n) is 2.59. The Morgan fingerprint density at radius 1 is 1.00 bits per heavy atom. The van der Waals surface area contributed by atoms with Gasteiger partial charge in [-0.25, -0.2) is 13.2 Å². The lowest BCUT2D eigenvalue weighted by Gasteiger charge is -2.05. The number of methoxy groups -OCH3 is 1. The van der Waals surface area contributed by atoms with Gasteiger partial charge in [-0.3, -0.25) is 4.79 Å². The number of halogens is 3. The van der Waals surface area contributed by atoms with Crippen LogP contribution in [0.15, 0.2) is 36.4 Å². The van der Waals surface area contributed by atoms with E-state index < -0.39 is 28.8 Å². The summed E-state index contributed by atoms with van der Waals surface area (Å²) in [5, 5.41) is 0. The van der Waals surface area contributed by atoms with E-state index in [1.165, 1.54) is 19.2 Å². The van der Waals surface area contributed by atoms with Gasteiger partial charge in [-0.15, -0.1) is 0 Å². The molecule has 2 aromatic rings. The molecule has 0 saturated heterocycles. The minimum atomic E-state index is -0.859. The van der Waals surface area contributed by atoms with Gasteiger partial charge in [-0.05, 0) is 36.4 Å². The van der Waals surface area contributed by atoms with Gasteiger partial charge in [-0.2, -0.15) is 0 Å². The van der Waals surface area contributed by atoms with Crippen LogP contribution in [-0.4, -0.2) is 12.9 Å². The van der Waals surface area contributed by atoms with E-state index in [0.29, 0.717) is 0 Å². The molecule has 0 amide bonds. The Balaban J connectivity index is 2.44. The van der Waals surface area contributed by atoms with E-state index in [-0.39, 0.29) is 11.3 Å². The standard InChI is InChI=1S/C14H9F3O2/c1-19-13-5-2-8(6-12(13)17)14(18)10-7-9(15)3-4-11(10)16/h2-7H,1H3. The smallest absolute Gasteiger partial charge is 0.196 e. The lowest BCUT2D eigenvalue weighted by Crippen LogP contribution is -2.05. The van der Waals surface area contributed by atoms with Crippen molar-refractivity contribution in [1.82, 2.24) is 0 Å². The van der Waals surface area contributed by atoms with Crippen LogP contribution in [0.5, 0.6) is 5.75 Å². The highest BCUT2D eigenvalue weighted by molar-refractivity contribution is 6.09. The van der Waals surface area contributed by atoms with Crippen molar-refractivity contribution < 1.29 is 22.7 Å². The molecule has 2 aromatic carbocycles. The molecule has 5 heteroatoms. The summed E-state index contributed by atoms with van der Waals surface area (Å²) < 4.78 is 44.6. The highest BCUT2D eigenvalue weighted by Gasteiger charge is 2.16. The Hall–Kier alpha value is -2.30. The molecule has 0 fully saturated rings. The van der Waals surface area contributed by atoms with Gasteiger partial charge in [0, 0.05) is 5.56 Å². The quantitative estimate of drug-likeness (QED) is 0.796. The largest absolute Gasteiger partial charge is 0.494 e. The molecule has 2 nitrogen and oxygen atoms in total. The number of hydrogen-bond donors (Lipinski definition) is 0. The zero-order valence-electron chi connectivity index (χ0n) is 9.91. The van der Waals surface area contributed by atoms with Crippen molar-refractivity contribution in [3.8, 4) is 5.75 Å². The summed E-state index contributed by atoms with van der Waals surface area (Å²) in [6.07, 6.45) is 0. The van der Waals surface area contributed by atoms with Crippen molar-refractivity contribution >= 4 is 5.78 Å². The highest BCUT2D eigenvalue weighted by Crippen LogP contribution is 2.21. The van der Waals surface area contributed by atoms with Gasteiger partial charge < -0.3 is 4.74 Å². The first-order valence-electron chi connectivity index (χ1n) is 5.36. The summed E-state index contributed by atoms with van der Waals surface area (Å²) in [7, 11) is 1.28. The van der Waals surface area contributed by atoms with Crippen LogP contribution >= 0.6 is 0 Å². The molecular formula is C14H9F3O2. The molecule has 98 valence electrons. The molecular weight excluding hydrogens is 257 g/mol. The Morgan fingerprint density at radius 3 is 2.37 bits per heavy atom. The van der Waals surface area contributed by atoms with E-state index >= 15 is 0 Å². The molecule has 0 aliphatic carbocycles. The lowest BCUT2D eigenvalue weighted by molar-refractivity contribution is 0.103. The van der Waals surface area contributed by atoms with Gasteiger partial charge in [0.2, 0.25) is 0 Å². The highest BCUT2D eigenvalue weighted by atomic mass is 19.1. The SMILES string of the molecule is COc1ccc(C(=O)c2cc(F)ccc2F)cc1F. The molecule has 0 saturated carbocycles. The van der Waals surface area contributed by atoms with E-state index in [9.17, 15) is 18.0 Å². The Labute approximate surface area is 107 Å². The molecule has 0 aliphatic rings. The fourth-order valence-corrected chi connectivity index (χ4v) is 1.63. The van der Waals surface area contributed by atoms with Gasteiger partial charge in [0.25, 0.3) is 0 Å². The summed E-state index contributed by atoms with van der Waals surface area (Å²) in [4.78, 5) is 12.0. The first-order chi connectivity index (χ1) is 9.02. The van der Waals surface area contributed by atoms with Crippen molar-refractivity contribution in [3.63, 3.8) is 0 Å². The van der Waals surface area contributed by atoms with Crippen LogP contribution in [0.2, 0.25) is 0 Å². The van der Waals surface area contributed by atoms with Gasteiger partial charge in [0.1, 0.15) is 11.6 Å². The molecule has 0 radical (unpaired) electrons. The molecule has 2 rings (SSSR count). The second-order valence-electron chi connectivity index (χ2n) is 3.80. The molecule has 0 heterocycles. The molecule has 0 aliphatic heterocycles. The average molecular weight is 266 g/mol. The second kappa shape index (κ2) is 5.14. The number of ketones is 1. The summed E-state index contributed by atoms with van der Waals surface area (Å²) in [5.74, 6) is -3.17. The van der Waals surface area contributed by atoms with Gasteiger partial charge in [0.05, 0.1) is 12.7 Å². The van der Waals surface area contributed by atoms with Crippen molar-refractivity contribution in [1.29, 1.82) is 0 Å². The van der Waals surface area contributed by atoms with Gasteiger partial charge in [0.15, 0.2) is 17.3 Å². The maximum absolute atomic E-state index is 13.5. The lowest BCUT2D eigenvalue weighted by atomic mass is 10.0. The Bertz CT molecular complexity index is 639. The molecule has 0 atom stereocenters. The van der Waals surface area contributed by atoms with Gasteiger partial charge >= 0.3 is 0 Å². The molecule has 0 bridgehead atoms. The number of carbonyl (C=O) groups is 1. The third-order valence-corrected chi connectivity index (χ3v) is 2.59. The van der Waals surface area contributed by atoms with E-state index in [2.05, 4.69) is 0 Å². The first kappa shape index (κ1) is 13.1. The van der Waals surface area contributed by atoms with Crippen LogP contribution < -0.4 is 4.74 Å². The third kappa shape index (κ3) is 2.59. The first-order valence-corrected chi connectivity index (χ1v) is 5.36. The number of benzene rings is 2. The molecule has 0 spiro atoms.